The van der Waals surface area contributed by atoms with Crippen molar-refractivity contribution >= 4 is 0 Å². The van der Waals surface area contributed by atoms with Crippen LogP contribution in [0.5, 0.6) is 5.88 Å². The lowest BCUT2D eigenvalue weighted by molar-refractivity contribution is 0.219. The van der Waals surface area contributed by atoms with Crippen molar-refractivity contribution in [3.63, 3.8) is 0 Å². The van der Waals surface area contributed by atoms with E-state index in [0.717, 1.165) is 12.0 Å². The summed E-state index contributed by atoms with van der Waals surface area (Å²) in [5.74, 6) is 0.565. The van der Waals surface area contributed by atoms with Crippen molar-refractivity contribution in [1.29, 1.82) is 0 Å². The zero-order valence-electron chi connectivity index (χ0n) is 10.3. The molecule has 4 nitrogen and oxygen atoms in total. The van der Waals surface area contributed by atoms with E-state index in [1.54, 1.807) is 6.20 Å². The van der Waals surface area contributed by atoms with Gasteiger partial charge in [0.25, 0.3) is 0 Å². The summed E-state index contributed by atoms with van der Waals surface area (Å²) in [4.78, 5) is 6.52. The molecule has 1 aliphatic heterocycles. The van der Waals surface area contributed by atoms with Gasteiger partial charge in [0.05, 0.1) is 13.2 Å². The van der Waals surface area contributed by atoms with Crippen LogP contribution in [0.2, 0.25) is 0 Å². The summed E-state index contributed by atoms with van der Waals surface area (Å²) in [5.41, 5.74) is 0.757. The molecule has 0 radical (unpaired) electrons. The van der Waals surface area contributed by atoms with Crippen molar-refractivity contribution in [3.05, 3.63) is 23.9 Å². The summed E-state index contributed by atoms with van der Waals surface area (Å²) >= 11 is 0. The van der Waals surface area contributed by atoms with Crippen molar-refractivity contribution in [2.24, 2.45) is 0 Å². The number of pyridine rings is 1. The Kier molecular flexibility index (Phi) is 4.34. The van der Waals surface area contributed by atoms with Crippen LogP contribution in [0, 0.1) is 0 Å². The van der Waals surface area contributed by atoms with Gasteiger partial charge in [0.2, 0.25) is 5.88 Å². The lowest BCUT2D eigenvalue weighted by Crippen LogP contribution is -2.26. The first kappa shape index (κ1) is 12.3. The van der Waals surface area contributed by atoms with Gasteiger partial charge in [0, 0.05) is 17.8 Å². The van der Waals surface area contributed by atoms with Gasteiger partial charge in [-0.05, 0) is 45.0 Å². The SMILES string of the molecule is CN1CCCC1CCOc1ncccc1CO. The Morgan fingerprint density at radius 3 is 3.18 bits per heavy atom. The lowest BCUT2D eigenvalue weighted by atomic mass is 10.1. The van der Waals surface area contributed by atoms with Crippen LogP contribution in [-0.2, 0) is 6.61 Å². The van der Waals surface area contributed by atoms with E-state index in [9.17, 15) is 0 Å². The van der Waals surface area contributed by atoms with Crippen LogP contribution >= 0.6 is 0 Å². The first-order valence-corrected chi connectivity index (χ1v) is 6.19. The van der Waals surface area contributed by atoms with E-state index in [1.165, 1.54) is 19.4 Å². The summed E-state index contributed by atoms with van der Waals surface area (Å²) in [5, 5.41) is 9.14. The van der Waals surface area contributed by atoms with Crippen LogP contribution in [-0.4, -0.2) is 41.2 Å². The maximum Gasteiger partial charge on any atom is 0.218 e. The molecule has 1 N–H and O–H groups in total. The second-order valence-electron chi connectivity index (χ2n) is 4.54. The fourth-order valence-corrected chi connectivity index (χ4v) is 2.31. The van der Waals surface area contributed by atoms with Crippen LogP contribution < -0.4 is 4.74 Å². The zero-order valence-corrected chi connectivity index (χ0v) is 10.3. The van der Waals surface area contributed by atoms with Crippen LogP contribution in [0.1, 0.15) is 24.8 Å². The Morgan fingerprint density at radius 1 is 1.59 bits per heavy atom. The number of ether oxygens (including phenoxy) is 1. The quantitative estimate of drug-likeness (QED) is 0.840. The molecule has 0 saturated carbocycles. The molecule has 0 amide bonds. The third-order valence-electron chi connectivity index (χ3n) is 3.38. The summed E-state index contributed by atoms with van der Waals surface area (Å²) in [6, 6.07) is 4.28. The van der Waals surface area contributed by atoms with Gasteiger partial charge in [0.15, 0.2) is 0 Å². The smallest absolute Gasteiger partial charge is 0.218 e. The van der Waals surface area contributed by atoms with Gasteiger partial charge >= 0.3 is 0 Å². The van der Waals surface area contributed by atoms with Crippen LogP contribution in [0.25, 0.3) is 0 Å². The third kappa shape index (κ3) is 3.17. The number of aromatic nitrogens is 1. The minimum Gasteiger partial charge on any atom is -0.477 e. The van der Waals surface area contributed by atoms with Crippen LogP contribution in [0.3, 0.4) is 0 Å². The molecule has 0 spiro atoms. The highest BCUT2D eigenvalue weighted by Crippen LogP contribution is 2.19. The molecule has 4 heteroatoms. The minimum absolute atomic E-state index is 0.0213. The number of aliphatic hydroxyl groups excluding tert-OH is 1. The highest BCUT2D eigenvalue weighted by molar-refractivity contribution is 5.24. The highest BCUT2D eigenvalue weighted by atomic mass is 16.5. The predicted octanol–water partition coefficient (Wildman–Crippen LogP) is 1.44. The molecule has 1 aliphatic rings. The fourth-order valence-electron chi connectivity index (χ4n) is 2.31. The molecule has 1 unspecified atom stereocenters. The Balaban J connectivity index is 1.81. The summed E-state index contributed by atoms with van der Waals surface area (Å²) in [7, 11) is 2.16. The second-order valence-corrected chi connectivity index (χ2v) is 4.54. The Bertz CT molecular complexity index is 357. The van der Waals surface area contributed by atoms with E-state index in [-0.39, 0.29) is 6.61 Å². The molecular formula is C13H20N2O2. The zero-order chi connectivity index (χ0) is 12.1. The molecule has 0 aromatic carbocycles. The number of rotatable bonds is 5. The van der Waals surface area contributed by atoms with Gasteiger partial charge in [0.1, 0.15) is 0 Å². The molecule has 0 bridgehead atoms. The highest BCUT2D eigenvalue weighted by Gasteiger charge is 2.20. The Hall–Kier alpha value is -1.13. The lowest BCUT2D eigenvalue weighted by Gasteiger charge is -2.19. The van der Waals surface area contributed by atoms with Crippen molar-refractivity contribution in [3.8, 4) is 5.88 Å². The minimum atomic E-state index is -0.0213. The predicted molar refractivity (Wildman–Crippen MR) is 65.9 cm³/mol. The van der Waals surface area contributed by atoms with E-state index in [2.05, 4.69) is 16.9 Å². The van der Waals surface area contributed by atoms with Crippen molar-refractivity contribution < 1.29 is 9.84 Å². The molecular weight excluding hydrogens is 216 g/mol. The third-order valence-corrected chi connectivity index (χ3v) is 3.38. The van der Waals surface area contributed by atoms with Crippen molar-refractivity contribution in [1.82, 2.24) is 9.88 Å². The first-order valence-electron chi connectivity index (χ1n) is 6.19. The van der Waals surface area contributed by atoms with Crippen LogP contribution in [0.15, 0.2) is 18.3 Å². The van der Waals surface area contributed by atoms with Gasteiger partial charge in [-0.3, -0.25) is 0 Å². The van der Waals surface area contributed by atoms with Gasteiger partial charge in [-0.2, -0.15) is 0 Å². The fraction of sp³-hybridized carbons (Fsp3) is 0.615. The van der Waals surface area contributed by atoms with Gasteiger partial charge < -0.3 is 14.7 Å². The average molecular weight is 236 g/mol. The van der Waals surface area contributed by atoms with Gasteiger partial charge in [-0.15, -0.1) is 0 Å². The van der Waals surface area contributed by atoms with E-state index in [0.29, 0.717) is 18.5 Å². The van der Waals surface area contributed by atoms with Crippen molar-refractivity contribution in [2.45, 2.75) is 31.9 Å². The summed E-state index contributed by atoms with van der Waals surface area (Å²) < 4.78 is 5.64. The molecule has 94 valence electrons. The molecule has 2 heterocycles. The monoisotopic (exact) mass is 236 g/mol. The van der Waals surface area contributed by atoms with Gasteiger partial charge in [-0.25, -0.2) is 4.98 Å². The van der Waals surface area contributed by atoms with Crippen molar-refractivity contribution in [2.75, 3.05) is 20.2 Å². The Morgan fingerprint density at radius 2 is 2.47 bits per heavy atom. The number of nitrogens with zero attached hydrogens (tertiary/aromatic N) is 2. The Labute approximate surface area is 102 Å². The average Bonchev–Trinajstić information content (AvgIpc) is 2.76. The molecule has 1 aromatic heterocycles. The van der Waals surface area contributed by atoms with E-state index in [4.69, 9.17) is 9.84 Å². The second kappa shape index (κ2) is 5.98. The maximum absolute atomic E-state index is 9.14. The number of likely N-dealkylation sites (tertiary alicyclic amines) is 1. The molecule has 1 fully saturated rings. The molecule has 17 heavy (non-hydrogen) atoms. The normalized spacial score (nSPS) is 20.7. The summed E-state index contributed by atoms with van der Waals surface area (Å²) in [6.07, 6.45) is 5.26. The van der Waals surface area contributed by atoms with E-state index in [1.807, 2.05) is 12.1 Å². The van der Waals surface area contributed by atoms with Gasteiger partial charge in [-0.1, -0.05) is 0 Å². The largest absolute Gasteiger partial charge is 0.477 e. The maximum atomic E-state index is 9.14. The first-order chi connectivity index (χ1) is 8.31. The van der Waals surface area contributed by atoms with Crippen LogP contribution in [0.4, 0.5) is 0 Å². The topological polar surface area (TPSA) is 45.6 Å². The number of aliphatic hydroxyl groups is 1. The molecule has 2 rings (SSSR count). The molecule has 1 saturated heterocycles. The molecule has 1 aromatic rings. The van der Waals surface area contributed by atoms with E-state index < -0.39 is 0 Å². The molecule has 0 aliphatic carbocycles. The molecule has 1 atom stereocenters. The number of hydrogen-bond acceptors (Lipinski definition) is 4. The van der Waals surface area contributed by atoms with E-state index >= 15 is 0 Å². The summed E-state index contributed by atoms with van der Waals surface area (Å²) in [6.45, 7) is 1.83. The standard InChI is InChI=1S/C13H20N2O2/c1-15-8-3-5-12(15)6-9-17-13-11(10-16)4-2-7-14-13/h2,4,7,12,16H,3,5-6,8-10H2,1H3. The number of hydrogen-bond donors (Lipinski definition) is 1.